The fourth-order valence-electron chi connectivity index (χ4n) is 2.15. The van der Waals surface area contributed by atoms with Crippen molar-refractivity contribution in [3.05, 3.63) is 0 Å². The predicted molar refractivity (Wildman–Crippen MR) is 37.5 cm³/mol. The summed E-state index contributed by atoms with van der Waals surface area (Å²) in [6.07, 6.45) is 2.45. The molecule has 2 rings (SSSR count). The molecule has 1 aliphatic heterocycles. The molecule has 0 spiro atoms. The molecule has 10 heavy (non-hydrogen) atoms. The normalized spacial score (nSPS) is 53.4. The largest absolute Gasteiger partial charge is 0.321 e. The van der Waals surface area contributed by atoms with Crippen molar-refractivity contribution in [1.82, 2.24) is 5.32 Å². The second kappa shape index (κ2) is 1.71. The van der Waals surface area contributed by atoms with Crippen molar-refractivity contribution in [2.75, 3.05) is 13.1 Å². The summed E-state index contributed by atoms with van der Waals surface area (Å²) < 4.78 is 13.7. The lowest BCUT2D eigenvalue weighted by atomic mass is 9.89. The lowest BCUT2D eigenvalue weighted by Crippen LogP contribution is -2.53. The molecule has 2 aliphatic rings. The van der Waals surface area contributed by atoms with E-state index in [1.807, 2.05) is 0 Å². The van der Waals surface area contributed by atoms with Gasteiger partial charge in [-0.05, 0) is 19.3 Å². The molecule has 0 bridgehead atoms. The van der Waals surface area contributed by atoms with E-state index in [0.717, 1.165) is 12.8 Å². The maximum absolute atomic E-state index is 13.7. The van der Waals surface area contributed by atoms with Gasteiger partial charge in [-0.15, -0.1) is 0 Å². The highest BCUT2D eigenvalue weighted by Gasteiger charge is 2.56. The highest BCUT2D eigenvalue weighted by Crippen LogP contribution is 2.42. The first-order valence-corrected chi connectivity index (χ1v) is 3.85. The van der Waals surface area contributed by atoms with Crippen molar-refractivity contribution >= 4 is 0 Å². The van der Waals surface area contributed by atoms with Crippen LogP contribution in [0.1, 0.15) is 19.3 Å². The molecule has 58 valence electrons. The Hall–Kier alpha value is -0.150. The molecule has 1 saturated heterocycles. The van der Waals surface area contributed by atoms with Crippen LogP contribution in [0.5, 0.6) is 0 Å². The molecule has 2 nitrogen and oxygen atoms in total. The smallest absolute Gasteiger partial charge is 0.142 e. The number of halogens is 1. The predicted octanol–water partition coefficient (Wildman–Crippen LogP) is 0.179. The third-order valence-electron chi connectivity index (χ3n) is 2.93. The van der Waals surface area contributed by atoms with Gasteiger partial charge in [0, 0.05) is 13.1 Å². The molecule has 1 aliphatic carbocycles. The number of alkyl halides is 1. The second-order valence-corrected chi connectivity index (χ2v) is 3.58. The molecule has 3 N–H and O–H groups in total. The minimum absolute atomic E-state index is 0.462. The van der Waals surface area contributed by atoms with E-state index in [1.165, 1.54) is 0 Å². The summed E-state index contributed by atoms with van der Waals surface area (Å²) in [4.78, 5) is 0. The summed E-state index contributed by atoms with van der Waals surface area (Å²) in [5, 5.41) is 3.01. The minimum atomic E-state index is -1.09. The van der Waals surface area contributed by atoms with Crippen molar-refractivity contribution in [3.8, 4) is 0 Å². The molecule has 1 heterocycles. The van der Waals surface area contributed by atoms with Gasteiger partial charge in [-0.3, -0.25) is 0 Å². The molecular formula is C7H13FN2. The average molecular weight is 144 g/mol. The van der Waals surface area contributed by atoms with Crippen molar-refractivity contribution < 1.29 is 4.39 Å². The third-order valence-corrected chi connectivity index (χ3v) is 2.93. The van der Waals surface area contributed by atoms with Gasteiger partial charge in [0.1, 0.15) is 5.67 Å². The zero-order valence-corrected chi connectivity index (χ0v) is 5.99. The standard InChI is InChI=1S/C7H13FN2/c8-6-2-1-3-7(6,9)5-10-4-6/h10H,1-5,9H2/t6-,7+/m0/s1. The van der Waals surface area contributed by atoms with Crippen LogP contribution in [0, 0.1) is 0 Å². The quantitative estimate of drug-likeness (QED) is 0.509. The van der Waals surface area contributed by atoms with Crippen molar-refractivity contribution in [3.63, 3.8) is 0 Å². The summed E-state index contributed by atoms with van der Waals surface area (Å²) in [6, 6.07) is 0. The SMILES string of the molecule is N[C@@]12CCC[C@]1(F)CNC2. The fraction of sp³-hybridized carbons (Fsp3) is 1.00. The van der Waals surface area contributed by atoms with Gasteiger partial charge in [0.15, 0.2) is 0 Å². The molecular weight excluding hydrogens is 131 g/mol. The molecule has 1 saturated carbocycles. The maximum Gasteiger partial charge on any atom is 0.142 e. The second-order valence-electron chi connectivity index (χ2n) is 3.58. The van der Waals surface area contributed by atoms with E-state index < -0.39 is 11.2 Å². The molecule has 2 fully saturated rings. The monoisotopic (exact) mass is 144 g/mol. The number of hydrogen-bond acceptors (Lipinski definition) is 2. The topological polar surface area (TPSA) is 38.0 Å². The maximum atomic E-state index is 13.7. The first-order chi connectivity index (χ1) is 4.66. The van der Waals surface area contributed by atoms with Crippen molar-refractivity contribution in [2.45, 2.75) is 30.5 Å². The number of hydrogen-bond donors (Lipinski definition) is 2. The van der Waals surface area contributed by atoms with E-state index in [0.29, 0.717) is 19.5 Å². The molecule has 0 aromatic heterocycles. The van der Waals surface area contributed by atoms with Crippen LogP contribution in [0.2, 0.25) is 0 Å². The lowest BCUT2D eigenvalue weighted by molar-refractivity contribution is 0.133. The van der Waals surface area contributed by atoms with Gasteiger partial charge in [0.05, 0.1) is 5.54 Å². The van der Waals surface area contributed by atoms with Crippen LogP contribution >= 0.6 is 0 Å². The summed E-state index contributed by atoms with van der Waals surface area (Å²) in [7, 11) is 0. The van der Waals surface area contributed by atoms with Gasteiger partial charge in [-0.1, -0.05) is 0 Å². The van der Waals surface area contributed by atoms with E-state index >= 15 is 0 Å². The summed E-state index contributed by atoms with van der Waals surface area (Å²) in [5.41, 5.74) is 4.24. The Morgan fingerprint density at radius 2 is 2.10 bits per heavy atom. The molecule has 2 atom stereocenters. The van der Waals surface area contributed by atoms with E-state index in [1.54, 1.807) is 0 Å². The molecule has 0 amide bonds. The molecule has 0 radical (unpaired) electrons. The Morgan fingerprint density at radius 1 is 1.30 bits per heavy atom. The highest BCUT2D eigenvalue weighted by molar-refractivity contribution is 5.15. The molecule has 3 heteroatoms. The van der Waals surface area contributed by atoms with Gasteiger partial charge in [0.2, 0.25) is 0 Å². The van der Waals surface area contributed by atoms with Crippen LogP contribution in [0.25, 0.3) is 0 Å². The lowest BCUT2D eigenvalue weighted by Gasteiger charge is -2.28. The van der Waals surface area contributed by atoms with Gasteiger partial charge in [-0.25, -0.2) is 4.39 Å². The Labute approximate surface area is 60.0 Å². The Bertz CT molecular complexity index is 132. The van der Waals surface area contributed by atoms with Crippen molar-refractivity contribution in [2.24, 2.45) is 5.73 Å². The molecule has 0 aromatic carbocycles. The third kappa shape index (κ3) is 0.596. The zero-order valence-electron chi connectivity index (χ0n) is 5.99. The van der Waals surface area contributed by atoms with E-state index in [-0.39, 0.29) is 0 Å². The van der Waals surface area contributed by atoms with Gasteiger partial charge in [-0.2, -0.15) is 0 Å². The van der Waals surface area contributed by atoms with Gasteiger partial charge in [0.25, 0.3) is 0 Å². The number of nitrogens with two attached hydrogens (primary N) is 1. The van der Waals surface area contributed by atoms with Crippen LogP contribution in [-0.2, 0) is 0 Å². The van der Waals surface area contributed by atoms with Crippen LogP contribution in [0.3, 0.4) is 0 Å². The van der Waals surface area contributed by atoms with Crippen LogP contribution in [-0.4, -0.2) is 24.3 Å². The van der Waals surface area contributed by atoms with Crippen LogP contribution in [0.15, 0.2) is 0 Å². The van der Waals surface area contributed by atoms with Gasteiger partial charge < -0.3 is 11.1 Å². The Kier molecular flexibility index (Phi) is 1.12. The van der Waals surface area contributed by atoms with Crippen molar-refractivity contribution in [1.29, 1.82) is 0 Å². The summed E-state index contributed by atoms with van der Waals surface area (Å²) in [6.45, 7) is 1.12. The summed E-state index contributed by atoms with van der Waals surface area (Å²) >= 11 is 0. The number of fused-ring (bicyclic) bond motifs is 1. The van der Waals surface area contributed by atoms with Gasteiger partial charge >= 0.3 is 0 Å². The van der Waals surface area contributed by atoms with Crippen LogP contribution in [0.4, 0.5) is 4.39 Å². The first-order valence-electron chi connectivity index (χ1n) is 3.85. The summed E-state index contributed by atoms with van der Waals surface area (Å²) in [5.74, 6) is 0. The Balaban J connectivity index is 2.30. The Morgan fingerprint density at radius 3 is 2.80 bits per heavy atom. The zero-order chi connectivity index (χ0) is 7.24. The van der Waals surface area contributed by atoms with Crippen LogP contribution < -0.4 is 11.1 Å². The molecule has 0 aromatic rings. The van der Waals surface area contributed by atoms with E-state index in [4.69, 9.17) is 5.73 Å². The van der Waals surface area contributed by atoms with E-state index in [2.05, 4.69) is 5.32 Å². The highest BCUT2D eigenvalue weighted by atomic mass is 19.1. The number of nitrogens with one attached hydrogen (secondary N) is 1. The number of rotatable bonds is 0. The van der Waals surface area contributed by atoms with E-state index in [9.17, 15) is 4.39 Å². The fourth-order valence-corrected chi connectivity index (χ4v) is 2.15. The first kappa shape index (κ1) is 6.55. The average Bonchev–Trinajstić information content (AvgIpc) is 2.20. The molecule has 0 unspecified atom stereocenters. The minimum Gasteiger partial charge on any atom is -0.321 e.